The highest BCUT2D eigenvalue weighted by molar-refractivity contribution is 9.10. The second-order valence-corrected chi connectivity index (χ2v) is 6.25. The van der Waals surface area contributed by atoms with Gasteiger partial charge in [0, 0.05) is 32.9 Å². The summed E-state index contributed by atoms with van der Waals surface area (Å²) in [6.07, 6.45) is 0.984. The van der Waals surface area contributed by atoms with E-state index in [1.54, 1.807) is 11.3 Å². The number of thiophene rings is 1. The molecule has 0 aliphatic carbocycles. The quantitative estimate of drug-likeness (QED) is 0.803. The van der Waals surface area contributed by atoms with Gasteiger partial charge >= 0.3 is 0 Å². The van der Waals surface area contributed by atoms with E-state index in [1.165, 1.54) is 4.88 Å². The highest BCUT2D eigenvalue weighted by Crippen LogP contribution is 2.27. The third-order valence-electron chi connectivity index (χ3n) is 2.72. The van der Waals surface area contributed by atoms with Crippen molar-refractivity contribution >= 4 is 27.3 Å². The minimum atomic E-state index is 0.456. The summed E-state index contributed by atoms with van der Waals surface area (Å²) in [6, 6.07) is 7.88. The second-order valence-electron chi connectivity index (χ2n) is 4.34. The van der Waals surface area contributed by atoms with Crippen LogP contribution in [0.1, 0.15) is 23.8 Å². The SMILES string of the molecule is CCCOc1ccc(CN)c(OCc2cc(Br)cs2)c1. The van der Waals surface area contributed by atoms with E-state index in [0.717, 1.165) is 28.0 Å². The lowest BCUT2D eigenvalue weighted by Gasteiger charge is -2.12. The Labute approximate surface area is 131 Å². The summed E-state index contributed by atoms with van der Waals surface area (Å²) >= 11 is 5.11. The molecule has 0 amide bonds. The molecule has 108 valence electrons. The van der Waals surface area contributed by atoms with Gasteiger partial charge in [0.1, 0.15) is 18.1 Å². The van der Waals surface area contributed by atoms with Crippen LogP contribution < -0.4 is 15.2 Å². The maximum absolute atomic E-state index is 5.88. The Kier molecular flexibility index (Phi) is 5.88. The van der Waals surface area contributed by atoms with Crippen LogP contribution in [0.5, 0.6) is 11.5 Å². The second kappa shape index (κ2) is 7.67. The molecule has 0 atom stereocenters. The number of hydrogen-bond acceptors (Lipinski definition) is 4. The smallest absolute Gasteiger partial charge is 0.128 e. The van der Waals surface area contributed by atoms with Crippen molar-refractivity contribution in [3.8, 4) is 11.5 Å². The molecule has 2 N–H and O–H groups in total. The van der Waals surface area contributed by atoms with Gasteiger partial charge in [-0.1, -0.05) is 13.0 Å². The number of hydrogen-bond donors (Lipinski definition) is 1. The molecule has 3 nitrogen and oxygen atoms in total. The summed E-state index contributed by atoms with van der Waals surface area (Å²) in [4.78, 5) is 1.17. The highest BCUT2D eigenvalue weighted by Gasteiger charge is 2.06. The van der Waals surface area contributed by atoms with Gasteiger partial charge in [-0.05, 0) is 34.5 Å². The first-order valence-corrected chi connectivity index (χ1v) is 8.21. The fraction of sp³-hybridized carbons (Fsp3) is 0.333. The molecule has 0 aliphatic rings. The van der Waals surface area contributed by atoms with Crippen molar-refractivity contribution in [2.45, 2.75) is 26.5 Å². The predicted molar refractivity (Wildman–Crippen MR) is 86.5 cm³/mol. The first-order chi connectivity index (χ1) is 9.72. The van der Waals surface area contributed by atoms with E-state index < -0.39 is 0 Å². The first-order valence-electron chi connectivity index (χ1n) is 6.54. The molecule has 0 saturated carbocycles. The number of ether oxygens (including phenoxy) is 2. The molecule has 0 aliphatic heterocycles. The number of rotatable bonds is 7. The van der Waals surface area contributed by atoms with Gasteiger partial charge in [0.15, 0.2) is 0 Å². The molecule has 0 radical (unpaired) electrons. The Morgan fingerprint density at radius 1 is 1.25 bits per heavy atom. The lowest BCUT2D eigenvalue weighted by molar-refractivity contribution is 0.294. The number of halogens is 1. The largest absolute Gasteiger partial charge is 0.493 e. The molecule has 0 fully saturated rings. The fourth-order valence-corrected chi connectivity index (χ4v) is 3.09. The molecule has 1 aromatic heterocycles. The van der Waals surface area contributed by atoms with Crippen molar-refractivity contribution in [1.82, 2.24) is 0 Å². The topological polar surface area (TPSA) is 44.5 Å². The molecule has 5 heteroatoms. The molecule has 0 spiro atoms. The van der Waals surface area contributed by atoms with Crippen LogP contribution in [0, 0.1) is 0 Å². The summed E-state index contributed by atoms with van der Waals surface area (Å²) in [5, 5.41) is 2.04. The van der Waals surface area contributed by atoms with Crippen LogP contribution in [-0.2, 0) is 13.2 Å². The predicted octanol–water partition coefficient (Wildman–Crippen LogP) is 4.34. The Bertz CT molecular complexity index is 557. The lowest BCUT2D eigenvalue weighted by Crippen LogP contribution is -2.03. The van der Waals surface area contributed by atoms with Crippen LogP contribution >= 0.6 is 27.3 Å². The van der Waals surface area contributed by atoms with Crippen molar-refractivity contribution in [2.24, 2.45) is 5.73 Å². The fourth-order valence-electron chi connectivity index (χ4n) is 1.73. The standard InChI is InChI=1S/C15H18BrNO2S/c1-2-5-18-13-4-3-11(8-17)15(7-13)19-9-14-6-12(16)10-20-14/h3-4,6-7,10H,2,5,8-9,17H2,1H3. The Morgan fingerprint density at radius 2 is 2.10 bits per heavy atom. The third-order valence-corrected chi connectivity index (χ3v) is 4.39. The van der Waals surface area contributed by atoms with Crippen LogP contribution in [0.15, 0.2) is 34.1 Å². The first kappa shape index (κ1) is 15.4. The summed E-state index contributed by atoms with van der Waals surface area (Å²) < 4.78 is 12.6. The Balaban J connectivity index is 2.07. The van der Waals surface area contributed by atoms with E-state index in [-0.39, 0.29) is 0 Å². The van der Waals surface area contributed by atoms with Crippen molar-refractivity contribution < 1.29 is 9.47 Å². The molecule has 20 heavy (non-hydrogen) atoms. The van der Waals surface area contributed by atoms with Gasteiger partial charge in [-0.3, -0.25) is 0 Å². The molecule has 0 saturated heterocycles. The summed E-state index contributed by atoms with van der Waals surface area (Å²) in [6.45, 7) is 3.79. The van der Waals surface area contributed by atoms with Gasteiger partial charge in [0.2, 0.25) is 0 Å². The lowest BCUT2D eigenvalue weighted by atomic mass is 10.2. The highest BCUT2D eigenvalue weighted by atomic mass is 79.9. The summed E-state index contributed by atoms with van der Waals surface area (Å²) in [5.41, 5.74) is 6.74. The minimum absolute atomic E-state index is 0.456. The molecule has 2 aromatic rings. The molecule has 0 unspecified atom stereocenters. The normalized spacial score (nSPS) is 10.6. The van der Waals surface area contributed by atoms with Gasteiger partial charge in [-0.2, -0.15) is 0 Å². The van der Waals surface area contributed by atoms with E-state index in [0.29, 0.717) is 19.8 Å². The maximum Gasteiger partial charge on any atom is 0.128 e. The average molecular weight is 356 g/mol. The maximum atomic E-state index is 5.88. The van der Waals surface area contributed by atoms with Crippen molar-refractivity contribution in [3.63, 3.8) is 0 Å². The van der Waals surface area contributed by atoms with Crippen molar-refractivity contribution in [3.05, 3.63) is 44.6 Å². The molecule has 2 rings (SSSR count). The zero-order chi connectivity index (χ0) is 14.4. The van der Waals surface area contributed by atoms with Gasteiger partial charge in [0.05, 0.1) is 6.61 Å². The third kappa shape index (κ3) is 4.23. The number of nitrogens with two attached hydrogens (primary N) is 1. The van der Waals surface area contributed by atoms with E-state index in [1.807, 2.05) is 23.6 Å². The number of benzene rings is 1. The molecule has 0 bridgehead atoms. The van der Waals surface area contributed by atoms with E-state index in [9.17, 15) is 0 Å². The van der Waals surface area contributed by atoms with E-state index in [2.05, 4.69) is 28.9 Å². The zero-order valence-electron chi connectivity index (χ0n) is 11.4. The van der Waals surface area contributed by atoms with Crippen LogP contribution in [0.2, 0.25) is 0 Å². The monoisotopic (exact) mass is 355 g/mol. The van der Waals surface area contributed by atoms with E-state index in [4.69, 9.17) is 15.2 Å². The molecular weight excluding hydrogens is 338 g/mol. The zero-order valence-corrected chi connectivity index (χ0v) is 13.8. The van der Waals surface area contributed by atoms with Crippen molar-refractivity contribution in [1.29, 1.82) is 0 Å². The van der Waals surface area contributed by atoms with Crippen LogP contribution in [-0.4, -0.2) is 6.61 Å². The minimum Gasteiger partial charge on any atom is -0.493 e. The average Bonchev–Trinajstić information content (AvgIpc) is 2.88. The molecular formula is C15H18BrNO2S. The summed E-state index contributed by atoms with van der Waals surface area (Å²) in [7, 11) is 0. The van der Waals surface area contributed by atoms with E-state index >= 15 is 0 Å². The van der Waals surface area contributed by atoms with Gasteiger partial charge < -0.3 is 15.2 Å². The van der Waals surface area contributed by atoms with Crippen LogP contribution in [0.3, 0.4) is 0 Å². The Morgan fingerprint density at radius 3 is 2.75 bits per heavy atom. The summed E-state index contributed by atoms with van der Waals surface area (Å²) in [5.74, 6) is 1.62. The van der Waals surface area contributed by atoms with Gasteiger partial charge in [0.25, 0.3) is 0 Å². The Hall–Kier alpha value is -1.04. The van der Waals surface area contributed by atoms with Gasteiger partial charge in [-0.15, -0.1) is 11.3 Å². The molecule has 1 heterocycles. The van der Waals surface area contributed by atoms with Gasteiger partial charge in [-0.25, -0.2) is 0 Å². The van der Waals surface area contributed by atoms with Crippen molar-refractivity contribution in [2.75, 3.05) is 6.61 Å². The molecule has 1 aromatic carbocycles. The van der Waals surface area contributed by atoms with Crippen LogP contribution in [0.25, 0.3) is 0 Å². The van der Waals surface area contributed by atoms with Crippen LogP contribution in [0.4, 0.5) is 0 Å².